The highest BCUT2D eigenvalue weighted by atomic mass is 32.1. The van der Waals surface area contributed by atoms with Gasteiger partial charge in [0.1, 0.15) is 0 Å². The maximum atomic E-state index is 3.62. The highest BCUT2D eigenvalue weighted by Gasteiger charge is 2.25. The SMILES string of the molecule is CCNC1CC(Cc2ccsc2)CN(CC)C1. The summed E-state index contributed by atoms with van der Waals surface area (Å²) < 4.78 is 0. The first kappa shape index (κ1) is 13.1. The van der Waals surface area contributed by atoms with Gasteiger partial charge in [-0.15, -0.1) is 0 Å². The van der Waals surface area contributed by atoms with Crippen LogP contribution in [0.4, 0.5) is 0 Å². The van der Waals surface area contributed by atoms with E-state index in [9.17, 15) is 0 Å². The van der Waals surface area contributed by atoms with Gasteiger partial charge in [0.05, 0.1) is 0 Å². The molecule has 1 aromatic heterocycles. The van der Waals surface area contributed by atoms with Gasteiger partial charge < -0.3 is 10.2 Å². The number of hydrogen-bond donors (Lipinski definition) is 1. The molecular weight excluding hydrogens is 228 g/mol. The van der Waals surface area contributed by atoms with Crippen molar-refractivity contribution in [1.29, 1.82) is 0 Å². The maximum absolute atomic E-state index is 3.62. The van der Waals surface area contributed by atoms with Crippen molar-refractivity contribution in [1.82, 2.24) is 10.2 Å². The van der Waals surface area contributed by atoms with Crippen molar-refractivity contribution < 1.29 is 0 Å². The van der Waals surface area contributed by atoms with Crippen LogP contribution in [0.25, 0.3) is 0 Å². The van der Waals surface area contributed by atoms with Crippen LogP contribution < -0.4 is 5.32 Å². The van der Waals surface area contributed by atoms with E-state index in [4.69, 9.17) is 0 Å². The minimum absolute atomic E-state index is 0.692. The van der Waals surface area contributed by atoms with Crippen LogP contribution in [0.2, 0.25) is 0 Å². The Balaban J connectivity index is 1.91. The molecule has 0 bridgehead atoms. The van der Waals surface area contributed by atoms with Crippen molar-refractivity contribution in [3.63, 3.8) is 0 Å². The molecule has 2 rings (SSSR count). The zero-order valence-corrected chi connectivity index (χ0v) is 11.8. The molecule has 0 spiro atoms. The molecule has 2 atom stereocenters. The fourth-order valence-corrected chi connectivity index (χ4v) is 3.57. The van der Waals surface area contributed by atoms with Gasteiger partial charge in [0, 0.05) is 19.1 Å². The van der Waals surface area contributed by atoms with Crippen molar-refractivity contribution in [2.24, 2.45) is 5.92 Å². The summed E-state index contributed by atoms with van der Waals surface area (Å²) in [5, 5.41) is 8.11. The minimum Gasteiger partial charge on any atom is -0.313 e. The minimum atomic E-state index is 0.692. The third-order valence-electron chi connectivity index (χ3n) is 3.66. The number of likely N-dealkylation sites (tertiary alicyclic amines) is 1. The summed E-state index contributed by atoms with van der Waals surface area (Å²) in [5.41, 5.74) is 1.52. The lowest BCUT2D eigenvalue weighted by molar-refractivity contribution is 0.148. The molecule has 2 nitrogen and oxygen atoms in total. The fourth-order valence-electron chi connectivity index (χ4n) is 2.89. The number of piperidine rings is 1. The van der Waals surface area contributed by atoms with Gasteiger partial charge in [-0.05, 0) is 54.2 Å². The van der Waals surface area contributed by atoms with Crippen LogP contribution in [0.1, 0.15) is 25.8 Å². The smallest absolute Gasteiger partial charge is 0.0198 e. The van der Waals surface area contributed by atoms with Crippen molar-refractivity contribution in [2.75, 3.05) is 26.2 Å². The quantitative estimate of drug-likeness (QED) is 0.866. The Labute approximate surface area is 109 Å². The van der Waals surface area contributed by atoms with E-state index in [1.165, 1.54) is 38.0 Å². The van der Waals surface area contributed by atoms with Gasteiger partial charge in [-0.2, -0.15) is 11.3 Å². The second kappa shape index (κ2) is 6.53. The molecular formula is C14H24N2S. The zero-order valence-electron chi connectivity index (χ0n) is 11.0. The van der Waals surface area contributed by atoms with E-state index in [0.29, 0.717) is 6.04 Å². The Morgan fingerprint density at radius 2 is 2.29 bits per heavy atom. The third kappa shape index (κ3) is 3.80. The summed E-state index contributed by atoms with van der Waals surface area (Å²) in [6.45, 7) is 9.25. The summed E-state index contributed by atoms with van der Waals surface area (Å²) in [6.07, 6.45) is 2.59. The topological polar surface area (TPSA) is 15.3 Å². The normalized spacial score (nSPS) is 26.2. The van der Waals surface area contributed by atoms with E-state index in [1.807, 2.05) is 11.3 Å². The molecule has 0 saturated carbocycles. The Bertz CT molecular complexity index is 310. The average Bonchev–Trinajstić information content (AvgIpc) is 2.82. The third-order valence-corrected chi connectivity index (χ3v) is 4.39. The molecule has 0 aromatic carbocycles. The van der Waals surface area contributed by atoms with Crippen LogP contribution in [0.3, 0.4) is 0 Å². The number of nitrogens with zero attached hydrogens (tertiary/aromatic N) is 1. The molecule has 0 aliphatic carbocycles. The Kier molecular flexibility index (Phi) is 5.01. The van der Waals surface area contributed by atoms with E-state index >= 15 is 0 Å². The van der Waals surface area contributed by atoms with Gasteiger partial charge in [0.2, 0.25) is 0 Å². The summed E-state index contributed by atoms with van der Waals surface area (Å²) in [6, 6.07) is 2.97. The van der Waals surface area contributed by atoms with Crippen LogP contribution >= 0.6 is 11.3 Å². The summed E-state index contributed by atoms with van der Waals surface area (Å²) in [4.78, 5) is 2.59. The van der Waals surface area contributed by atoms with Gasteiger partial charge in [-0.3, -0.25) is 0 Å². The monoisotopic (exact) mass is 252 g/mol. The van der Waals surface area contributed by atoms with E-state index in [-0.39, 0.29) is 0 Å². The lowest BCUT2D eigenvalue weighted by atomic mass is 9.89. The first-order valence-corrected chi connectivity index (χ1v) is 7.72. The average molecular weight is 252 g/mol. The molecule has 1 aromatic rings. The van der Waals surface area contributed by atoms with Crippen molar-refractivity contribution in [3.8, 4) is 0 Å². The number of hydrogen-bond acceptors (Lipinski definition) is 3. The lowest BCUT2D eigenvalue weighted by Gasteiger charge is -2.37. The molecule has 1 aliphatic heterocycles. The summed E-state index contributed by atoms with van der Waals surface area (Å²) in [5.74, 6) is 0.822. The standard InChI is InChI=1S/C14H24N2S/c1-3-15-14-8-13(9-16(4-2)10-14)7-12-5-6-17-11-12/h5-6,11,13-15H,3-4,7-10H2,1-2H3. The maximum Gasteiger partial charge on any atom is 0.0198 e. The van der Waals surface area contributed by atoms with Gasteiger partial charge in [-0.25, -0.2) is 0 Å². The molecule has 0 amide bonds. The van der Waals surface area contributed by atoms with Gasteiger partial charge >= 0.3 is 0 Å². The van der Waals surface area contributed by atoms with Crippen LogP contribution in [0.15, 0.2) is 16.8 Å². The second-order valence-electron chi connectivity index (χ2n) is 5.04. The summed E-state index contributed by atoms with van der Waals surface area (Å²) in [7, 11) is 0. The van der Waals surface area contributed by atoms with Crippen LogP contribution in [0, 0.1) is 5.92 Å². The Morgan fingerprint density at radius 1 is 1.41 bits per heavy atom. The first-order chi connectivity index (χ1) is 8.31. The van der Waals surface area contributed by atoms with Crippen LogP contribution in [0.5, 0.6) is 0 Å². The molecule has 2 unspecified atom stereocenters. The molecule has 96 valence electrons. The van der Waals surface area contributed by atoms with Crippen molar-refractivity contribution >= 4 is 11.3 Å². The van der Waals surface area contributed by atoms with Gasteiger partial charge in [0.15, 0.2) is 0 Å². The molecule has 3 heteroatoms. The zero-order chi connectivity index (χ0) is 12.1. The van der Waals surface area contributed by atoms with E-state index < -0.39 is 0 Å². The molecule has 1 saturated heterocycles. The van der Waals surface area contributed by atoms with Crippen LogP contribution in [-0.2, 0) is 6.42 Å². The molecule has 1 N–H and O–H groups in total. The van der Waals surface area contributed by atoms with Crippen molar-refractivity contribution in [2.45, 2.75) is 32.7 Å². The molecule has 1 fully saturated rings. The van der Waals surface area contributed by atoms with Gasteiger partial charge in [-0.1, -0.05) is 13.8 Å². The molecule has 1 aliphatic rings. The van der Waals surface area contributed by atoms with Crippen molar-refractivity contribution in [3.05, 3.63) is 22.4 Å². The number of nitrogens with one attached hydrogen (secondary N) is 1. The number of rotatable bonds is 5. The van der Waals surface area contributed by atoms with Crippen LogP contribution in [-0.4, -0.2) is 37.1 Å². The number of thiophene rings is 1. The predicted molar refractivity (Wildman–Crippen MR) is 75.7 cm³/mol. The largest absolute Gasteiger partial charge is 0.313 e. The Hall–Kier alpha value is -0.380. The molecule has 2 heterocycles. The summed E-state index contributed by atoms with van der Waals surface area (Å²) >= 11 is 1.82. The second-order valence-corrected chi connectivity index (χ2v) is 5.82. The number of likely N-dealkylation sites (N-methyl/N-ethyl adjacent to an activating group) is 2. The predicted octanol–water partition coefficient (Wildman–Crippen LogP) is 2.61. The molecule has 0 radical (unpaired) electrons. The van der Waals surface area contributed by atoms with Gasteiger partial charge in [0.25, 0.3) is 0 Å². The highest BCUT2D eigenvalue weighted by Crippen LogP contribution is 2.22. The lowest BCUT2D eigenvalue weighted by Crippen LogP contribution is -2.49. The van der Waals surface area contributed by atoms with E-state index in [2.05, 4.69) is 40.9 Å². The van der Waals surface area contributed by atoms with E-state index in [1.54, 1.807) is 0 Å². The fraction of sp³-hybridized carbons (Fsp3) is 0.714. The van der Waals surface area contributed by atoms with E-state index in [0.717, 1.165) is 12.5 Å². The highest BCUT2D eigenvalue weighted by molar-refractivity contribution is 7.07. The molecule has 17 heavy (non-hydrogen) atoms. The Morgan fingerprint density at radius 3 is 2.94 bits per heavy atom. The first-order valence-electron chi connectivity index (χ1n) is 6.78.